The molecule has 1 atom stereocenters. The first kappa shape index (κ1) is 27.1. The lowest BCUT2D eigenvalue weighted by atomic mass is 10.1. The molecule has 1 aliphatic heterocycles. The van der Waals surface area contributed by atoms with Gasteiger partial charge in [0.05, 0.1) is 23.7 Å². The van der Waals surface area contributed by atoms with Crippen LogP contribution >= 0.6 is 0 Å². The molecule has 38 heavy (non-hydrogen) atoms. The highest BCUT2D eigenvalue weighted by Gasteiger charge is 2.35. The lowest BCUT2D eigenvalue weighted by Gasteiger charge is -2.40. The van der Waals surface area contributed by atoms with E-state index in [1.54, 1.807) is 51.1 Å². The molecule has 12 heteroatoms. The highest BCUT2D eigenvalue weighted by Crippen LogP contribution is 2.30. The summed E-state index contributed by atoms with van der Waals surface area (Å²) < 4.78 is 49.1. The molecule has 3 aromatic rings. The van der Waals surface area contributed by atoms with Crippen LogP contribution in [0, 0.1) is 0 Å². The average molecular weight is 533 g/mol. The largest absolute Gasteiger partial charge is 0.444 e. The van der Waals surface area contributed by atoms with Crippen molar-refractivity contribution in [2.75, 3.05) is 26.2 Å². The van der Waals surface area contributed by atoms with E-state index in [1.807, 2.05) is 0 Å². The first-order valence-corrected chi connectivity index (χ1v) is 11.9. The molecule has 0 aliphatic carbocycles. The second-order valence-electron chi connectivity index (χ2n) is 9.80. The van der Waals surface area contributed by atoms with Crippen LogP contribution in [0.2, 0.25) is 0 Å². The van der Waals surface area contributed by atoms with Crippen LogP contribution in [0.15, 0.2) is 48.7 Å². The third-order valence-corrected chi connectivity index (χ3v) is 5.77. The number of pyridine rings is 2. The van der Waals surface area contributed by atoms with E-state index < -0.39 is 29.5 Å². The second kappa shape index (κ2) is 10.4. The number of nitrogens with zero attached hydrogens (tertiary/aromatic N) is 4. The first-order chi connectivity index (χ1) is 17.8. The van der Waals surface area contributed by atoms with E-state index in [-0.39, 0.29) is 43.7 Å². The number of alkyl halides is 3. The zero-order chi connectivity index (χ0) is 27.7. The van der Waals surface area contributed by atoms with E-state index in [4.69, 9.17) is 9.47 Å². The van der Waals surface area contributed by atoms with Crippen molar-refractivity contribution in [1.82, 2.24) is 19.8 Å². The SMILES string of the molecule is CC(C)(C)OC(=O)N1CCN(C(=O)c2ccc3cc(Oc4ccc(C(F)(F)F)cn4)ccc3n2)C[C@@H]1CO. The van der Waals surface area contributed by atoms with Gasteiger partial charge < -0.3 is 19.5 Å². The van der Waals surface area contributed by atoms with Gasteiger partial charge in [-0.2, -0.15) is 13.2 Å². The number of piperazine rings is 1. The Labute approximate surface area is 216 Å². The van der Waals surface area contributed by atoms with Crippen LogP contribution in [-0.4, -0.2) is 74.8 Å². The van der Waals surface area contributed by atoms with Crippen molar-refractivity contribution in [1.29, 1.82) is 0 Å². The molecule has 0 saturated carbocycles. The van der Waals surface area contributed by atoms with Crippen LogP contribution in [0.4, 0.5) is 18.0 Å². The van der Waals surface area contributed by atoms with Crippen molar-refractivity contribution in [2.45, 2.75) is 38.6 Å². The molecule has 1 N–H and O–H groups in total. The maximum absolute atomic E-state index is 13.2. The van der Waals surface area contributed by atoms with Gasteiger partial charge in [0.25, 0.3) is 5.91 Å². The average Bonchev–Trinajstić information content (AvgIpc) is 2.86. The molecule has 0 radical (unpaired) electrons. The topological polar surface area (TPSA) is 105 Å². The number of aliphatic hydroxyl groups is 1. The molecule has 2 aromatic heterocycles. The molecule has 2 amide bonds. The highest BCUT2D eigenvalue weighted by molar-refractivity contribution is 5.95. The van der Waals surface area contributed by atoms with E-state index in [0.717, 1.165) is 12.1 Å². The van der Waals surface area contributed by atoms with Gasteiger partial charge >= 0.3 is 12.3 Å². The summed E-state index contributed by atoms with van der Waals surface area (Å²) in [6, 6.07) is 9.49. The summed E-state index contributed by atoms with van der Waals surface area (Å²) in [7, 11) is 0. The Balaban J connectivity index is 1.44. The third kappa shape index (κ3) is 6.31. The summed E-state index contributed by atoms with van der Waals surface area (Å²) >= 11 is 0. The molecule has 1 saturated heterocycles. The molecular formula is C26H27F3N4O5. The zero-order valence-corrected chi connectivity index (χ0v) is 21.0. The zero-order valence-electron chi connectivity index (χ0n) is 21.0. The van der Waals surface area contributed by atoms with Crippen LogP contribution in [0.1, 0.15) is 36.8 Å². The number of halogens is 3. The molecule has 1 aromatic carbocycles. The molecule has 1 aliphatic rings. The Morgan fingerprint density at radius 3 is 2.47 bits per heavy atom. The molecule has 1 fully saturated rings. The monoisotopic (exact) mass is 532 g/mol. The second-order valence-corrected chi connectivity index (χ2v) is 9.80. The van der Waals surface area contributed by atoms with Crippen molar-refractivity contribution < 1.29 is 37.3 Å². The molecule has 4 rings (SSSR count). The fraction of sp³-hybridized carbons (Fsp3) is 0.385. The van der Waals surface area contributed by atoms with Gasteiger partial charge in [-0.25, -0.2) is 14.8 Å². The minimum absolute atomic E-state index is 0.000990. The van der Waals surface area contributed by atoms with Crippen molar-refractivity contribution >= 4 is 22.9 Å². The van der Waals surface area contributed by atoms with Crippen LogP contribution in [-0.2, 0) is 10.9 Å². The Morgan fingerprint density at radius 1 is 1.08 bits per heavy atom. The van der Waals surface area contributed by atoms with Gasteiger partial charge in [0.15, 0.2) is 0 Å². The van der Waals surface area contributed by atoms with E-state index >= 15 is 0 Å². The van der Waals surface area contributed by atoms with Gasteiger partial charge in [0.2, 0.25) is 5.88 Å². The summed E-state index contributed by atoms with van der Waals surface area (Å²) in [5.41, 5.74) is -0.855. The number of carbonyl (C=O) groups is 2. The van der Waals surface area contributed by atoms with Crippen molar-refractivity contribution in [3.63, 3.8) is 0 Å². The lowest BCUT2D eigenvalue weighted by molar-refractivity contribution is -0.137. The van der Waals surface area contributed by atoms with Gasteiger partial charge in [-0.15, -0.1) is 0 Å². The predicted molar refractivity (Wildman–Crippen MR) is 131 cm³/mol. The number of ether oxygens (including phenoxy) is 2. The number of hydrogen-bond donors (Lipinski definition) is 1. The Kier molecular flexibility index (Phi) is 7.45. The Bertz CT molecular complexity index is 1330. The minimum Gasteiger partial charge on any atom is -0.444 e. The smallest absolute Gasteiger partial charge is 0.417 e. The van der Waals surface area contributed by atoms with Gasteiger partial charge in [-0.05, 0) is 51.1 Å². The van der Waals surface area contributed by atoms with E-state index in [2.05, 4.69) is 9.97 Å². The molecule has 202 valence electrons. The van der Waals surface area contributed by atoms with Gasteiger partial charge in [0.1, 0.15) is 17.0 Å². The number of carbonyl (C=O) groups excluding carboxylic acids is 2. The predicted octanol–water partition coefficient (Wildman–Crippen LogP) is 4.49. The summed E-state index contributed by atoms with van der Waals surface area (Å²) in [4.78, 5) is 36.7. The quantitative estimate of drug-likeness (QED) is 0.528. The van der Waals surface area contributed by atoms with Gasteiger partial charge in [0, 0.05) is 37.3 Å². The number of aliphatic hydroxyl groups excluding tert-OH is 1. The van der Waals surface area contributed by atoms with Crippen LogP contribution in [0.3, 0.4) is 0 Å². The van der Waals surface area contributed by atoms with Gasteiger partial charge in [-0.3, -0.25) is 9.69 Å². The molecule has 3 heterocycles. The molecule has 0 unspecified atom stereocenters. The fourth-order valence-corrected chi connectivity index (χ4v) is 3.93. The summed E-state index contributed by atoms with van der Waals surface area (Å²) in [5.74, 6) is -0.000717. The summed E-state index contributed by atoms with van der Waals surface area (Å²) in [6.07, 6.45) is -4.33. The van der Waals surface area contributed by atoms with E-state index in [1.165, 1.54) is 9.80 Å². The van der Waals surface area contributed by atoms with Crippen LogP contribution < -0.4 is 4.74 Å². The van der Waals surface area contributed by atoms with Gasteiger partial charge in [-0.1, -0.05) is 6.07 Å². The van der Waals surface area contributed by atoms with Crippen LogP contribution in [0.25, 0.3) is 10.9 Å². The van der Waals surface area contributed by atoms with Crippen molar-refractivity contribution in [3.8, 4) is 11.6 Å². The van der Waals surface area contributed by atoms with Crippen molar-refractivity contribution in [2.24, 2.45) is 0 Å². The molecule has 9 nitrogen and oxygen atoms in total. The number of amides is 2. The van der Waals surface area contributed by atoms with Crippen molar-refractivity contribution in [3.05, 3.63) is 59.9 Å². The Morgan fingerprint density at radius 2 is 1.84 bits per heavy atom. The summed E-state index contributed by atoms with van der Waals surface area (Å²) in [5, 5.41) is 10.5. The maximum atomic E-state index is 13.2. The Hall–Kier alpha value is -3.93. The molecule has 0 spiro atoms. The number of aromatic nitrogens is 2. The number of benzene rings is 1. The maximum Gasteiger partial charge on any atom is 0.417 e. The highest BCUT2D eigenvalue weighted by atomic mass is 19.4. The van der Waals surface area contributed by atoms with E-state index in [0.29, 0.717) is 22.8 Å². The summed E-state index contributed by atoms with van der Waals surface area (Å²) in [6.45, 7) is 5.52. The first-order valence-electron chi connectivity index (χ1n) is 11.9. The normalized spacial score (nSPS) is 16.4. The number of rotatable bonds is 4. The number of hydrogen-bond acceptors (Lipinski definition) is 7. The lowest BCUT2D eigenvalue weighted by Crippen LogP contribution is -2.58. The molecule has 0 bridgehead atoms. The third-order valence-electron chi connectivity index (χ3n) is 5.77. The number of fused-ring (bicyclic) bond motifs is 1. The van der Waals surface area contributed by atoms with E-state index in [9.17, 15) is 27.9 Å². The van der Waals surface area contributed by atoms with Crippen LogP contribution in [0.5, 0.6) is 11.6 Å². The fourth-order valence-electron chi connectivity index (χ4n) is 3.93. The molecular weight excluding hydrogens is 505 g/mol. The minimum atomic E-state index is -4.49. The standard InChI is InChI=1S/C26H27F3N4O5/c1-25(2,3)38-24(36)33-11-10-32(14-18(33)15-34)23(35)21-7-4-16-12-19(6-8-20(16)31-21)37-22-9-5-17(13-30-22)26(27,28)29/h4-9,12-13,18,34H,10-11,14-15H2,1-3H3/t18-/m1/s1.